The normalized spacial score (nSPS) is 26.5. The van der Waals surface area contributed by atoms with Gasteiger partial charge in [-0.2, -0.15) is 0 Å². The number of likely N-dealkylation sites (N-methyl/N-ethyl adjacent to an activating group) is 1. The van der Waals surface area contributed by atoms with Crippen molar-refractivity contribution in [3.8, 4) is 0 Å². The number of rotatable bonds is 2. The van der Waals surface area contributed by atoms with E-state index < -0.39 is 0 Å². The van der Waals surface area contributed by atoms with E-state index in [0.29, 0.717) is 0 Å². The SMILES string of the molecule is CNC1(C(C)O)CCOCC1. The maximum Gasteiger partial charge on any atom is 0.0695 e. The van der Waals surface area contributed by atoms with Gasteiger partial charge in [0.15, 0.2) is 0 Å². The second-order valence-corrected chi connectivity index (χ2v) is 3.19. The van der Waals surface area contributed by atoms with Gasteiger partial charge in [0.2, 0.25) is 0 Å². The molecule has 1 aliphatic rings. The molecule has 1 aliphatic heterocycles. The van der Waals surface area contributed by atoms with Crippen LogP contribution in [0.1, 0.15) is 19.8 Å². The molecular weight excluding hydrogens is 142 g/mol. The molecule has 0 saturated carbocycles. The number of aliphatic hydroxyl groups excluding tert-OH is 1. The summed E-state index contributed by atoms with van der Waals surface area (Å²) in [6.07, 6.45) is 1.51. The average Bonchev–Trinajstić information content (AvgIpc) is 2.05. The van der Waals surface area contributed by atoms with Crippen LogP contribution in [-0.2, 0) is 4.74 Å². The molecule has 0 aromatic heterocycles. The minimum Gasteiger partial charge on any atom is -0.391 e. The molecule has 11 heavy (non-hydrogen) atoms. The van der Waals surface area contributed by atoms with Crippen molar-refractivity contribution in [1.82, 2.24) is 5.32 Å². The van der Waals surface area contributed by atoms with Crippen molar-refractivity contribution in [2.45, 2.75) is 31.4 Å². The lowest BCUT2D eigenvalue weighted by Gasteiger charge is -2.39. The van der Waals surface area contributed by atoms with E-state index in [1.807, 2.05) is 14.0 Å². The number of hydrogen-bond acceptors (Lipinski definition) is 3. The maximum atomic E-state index is 9.51. The van der Waals surface area contributed by atoms with Gasteiger partial charge < -0.3 is 15.2 Å². The zero-order valence-electron chi connectivity index (χ0n) is 7.26. The van der Waals surface area contributed by atoms with Crippen LogP contribution in [0.4, 0.5) is 0 Å². The van der Waals surface area contributed by atoms with E-state index in [1.54, 1.807) is 0 Å². The van der Waals surface area contributed by atoms with Crippen LogP contribution >= 0.6 is 0 Å². The Morgan fingerprint density at radius 3 is 2.27 bits per heavy atom. The number of hydrogen-bond donors (Lipinski definition) is 2. The van der Waals surface area contributed by atoms with E-state index in [9.17, 15) is 5.11 Å². The molecule has 1 rings (SSSR count). The Kier molecular flexibility index (Phi) is 2.87. The van der Waals surface area contributed by atoms with Gasteiger partial charge in [0, 0.05) is 18.8 Å². The summed E-state index contributed by atoms with van der Waals surface area (Å²) in [5.41, 5.74) is -0.0990. The van der Waals surface area contributed by atoms with Gasteiger partial charge in [-0.15, -0.1) is 0 Å². The molecule has 3 nitrogen and oxygen atoms in total. The lowest BCUT2D eigenvalue weighted by atomic mass is 9.85. The Labute approximate surface area is 67.7 Å². The Morgan fingerprint density at radius 2 is 2.00 bits per heavy atom. The van der Waals surface area contributed by atoms with Crippen molar-refractivity contribution in [2.75, 3.05) is 20.3 Å². The van der Waals surface area contributed by atoms with E-state index in [1.165, 1.54) is 0 Å². The average molecular weight is 159 g/mol. The molecule has 0 bridgehead atoms. The zero-order chi connectivity index (χ0) is 8.32. The molecule has 0 aromatic carbocycles. The quantitative estimate of drug-likeness (QED) is 0.602. The molecule has 2 N–H and O–H groups in total. The summed E-state index contributed by atoms with van der Waals surface area (Å²) in [5.74, 6) is 0. The van der Waals surface area contributed by atoms with Crippen molar-refractivity contribution in [2.24, 2.45) is 0 Å². The summed E-state index contributed by atoms with van der Waals surface area (Å²) in [6, 6.07) is 0. The smallest absolute Gasteiger partial charge is 0.0695 e. The highest BCUT2D eigenvalue weighted by molar-refractivity contribution is 4.93. The highest BCUT2D eigenvalue weighted by Crippen LogP contribution is 2.23. The molecule has 3 heteroatoms. The van der Waals surface area contributed by atoms with E-state index in [2.05, 4.69) is 5.32 Å². The predicted molar refractivity (Wildman–Crippen MR) is 43.5 cm³/mol. The fourth-order valence-corrected chi connectivity index (χ4v) is 1.61. The minimum atomic E-state index is -0.295. The van der Waals surface area contributed by atoms with Crippen LogP contribution < -0.4 is 5.32 Å². The van der Waals surface area contributed by atoms with Crippen LogP contribution in [0.2, 0.25) is 0 Å². The summed E-state index contributed by atoms with van der Waals surface area (Å²) < 4.78 is 5.23. The van der Waals surface area contributed by atoms with Crippen molar-refractivity contribution in [1.29, 1.82) is 0 Å². The largest absolute Gasteiger partial charge is 0.391 e. The van der Waals surface area contributed by atoms with Gasteiger partial charge in [-0.25, -0.2) is 0 Å². The van der Waals surface area contributed by atoms with Crippen LogP contribution in [0.15, 0.2) is 0 Å². The van der Waals surface area contributed by atoms with Crippen molar-refractivity contribution in [3.63, 3.8) is 0 Å². The number of aliphatic hydroxyl groups is 1. The Hall–Kier alpha value is -0.120. The molecular formula is C8H17NO2. The molecule has 0 amide bonds. The van der Waals surface area contributed by atoms with Crippen molar-refractivity contribution < 1.29 is 9.84 Å². The molecule has 1 saturated heterocycles. The summed E-state index contributed by atoms with van der Waals surface area (Å²) in [6.45, 7) is 3.35. The van der Waals surface area contributed by atoms with Gasteiger partial charge >= 0.3 is 0 Å². The molecule has 66 valence electrons. The highest BCUT2D eigenvalue weighted by Gasteiger charge is 2.35. The van der Waals surface area contributed by atoms with Gasteiger partial charge in [0.1, 0.15) is 0 Å². The number of ether oxygens (including phenoxy) is 1. The van der Waals surface area contributed by atoms with E-state index >= 15 is 0 Å². The minimum absolute atomic E-state index is 0.0990. The van der Waals surface area contributed by atoms with Crippen molar-refractivity contribution in [3.05, 3.63) is 0 Å². The third kappa shape index (κ3) is 1.72. The maximum absolute atomic E-state index is 9.51. The standard InChI is InChI=1S/C8H17NO2/c1-7(10)8(9-2)3-5-11-6-4-8/h7,9-10H,3-6H2,1-2H3. The first-order chi connectivity index (χ1) is 5.21. The van der Waals surface area contributed by atoms with E-state index in [-0.39, 0.29) is 11.6 Å². The van der Waals surface area contributed by atoms with Gasteiger partial charge in [-0.3, -0.25) is 0 Å². The van der Waals surface area contributed by atoms with Crippen LogP contribution in [0.25, 0.3) is 0 Å². The van der Waals surface area contributed by atoms with Crippen LogP contribution in [0.3, 0.4) is 0 Å². The molecule has 0 spiro atoms. The van der Waals surface area contributed by atoms with Crippen LogP contribution in [0, 0.1) is 0 Å². The monoisotopic (exact) mass is 159 g/mol. The first-order valence-electron chi connectivity index (χ1n) is 4.16. The second kappa shape index (κ2) is 3.52. The molecule has 0 aliphatic carbocycles. The first kappa shape index (κ1) is 8.97. The Balaban J connectivity index is 2.57. The number of nitrogens with one attached hydrogen (secondary N) is 1. The van der Waals surface area contributed by atoms with Gasteiger partial charge in [-0.05, 0) is 26.8 Å². The Morgan fingerprint density at radius 1 is 1.45 bits per heavy atom. The lowest BCUT2D eigenvalue weighted by Crippen LogP contribution is -2.55. The molecule has 1 unspecified atom stereocenters. The Bertz CT molecular complexity index is 119. The summed E-state index contributed by atoms with van der Waals surface area (Å²) >= 11 is 0. The van der Waals surface area contributed by atoms with E-state index in [4.69, 9.17) is 4.74 Å². The highest BCUT2D eigenvalue weighted by atomic mass is 16.5. The fourth-order valence-electron chi connectivity index (χ4n) is 1.61. The van der Waals surface area contributed by atoms with Gasteiger partial charge in [0.05, 0.1) is 6.10 Å². The van der Waals surface area contributed by atoms with Gasteiger partial charge in [0.25, 0.3) is 0 Å². The summed E-state index contributed by atoms with van der Waals surface area (Å²) in [4.78, 5) is 0. The third-order valence-electron chi connectivity index (χ3n) is 2.68. The third-order valence-corrected chi connectivity index (χ3v) is 2.68. The lowest BCUT2D eigenvalue weighted by molar-refractivity contribution is -0.0185. The van der Waals surface area contributed by atoms with Gasteiger partial charge in [-0.1, -0.05) is 0 Å². The summed E-state index contributed by atoms with van der Waals surface area (Å²) in [5, 5.41) is 12.7. The fraction of sp³-hybridized carbons (Fsp3) is 1.00. The molecule has 0 aromatic rings. The molecule has 1 fully saturated rings. The zero-order valence-corrected chi connectivity index (χ0v) is 7.26. The van der Waals surface area contributed by atoms with Crippen LogP contribution in [0.5, 0.6) is 0 Å². The molecule has 0 radical (unpaired) electrons. The van der Waals surface area contributed by atoms with Crippen molar-refractivity contribution >= 4 is 0 Å². The predicted octanol–water partition coefficient (Wildman–Crippen LogP) is 0.136. The topological polar surface area (TPSA) is 41.5 Å². The molecule has 1 heterocycles. The van der Waals surface area contributed by atoms with E-state index in [0.717, 1.165) is 26.1 Å². The van der Waals surface area contributed by atoms with Crippen LogP contribution in [-0.4, -0.2) is 37.0 Å². The second-order valence-electron chi connectivity index (χ2n) is 3.19. The molecule has 1 atom stereocenters. The summed E-state index contributed by atoms with van der Waals surface area (Å²) in [7, 11) is 1.90. The first-order valence-corrected chi connectivity index (χ1v) is 4.16.